The quantitative estimate of drug-likeness (QED) is 0.764. The van der Waals surface area contributed by atoms with Gasteiger partial charge in [-0.2, -0.15) is 0 Å². The molecule has 2 nitrogen and oxygen atoms in total. The smallest absolute Gasteiger partial charge is 0.0108 e. The number of nitrogens with one attached hydrogen (secondary N) is 1. The zero-order valence-corrected chi connectivity index (χ0v) is 14.0. The second-order valence-corrected chi connectivity index (χ2v) is 7.43. The maximum atomic E-state index is 3.75. The van der Waals surface area contributed by atoms with Crippen molar-refractivity contribution in [1.29, 1.82) is 0 Å². The summed E-state index contributed by atoms with van der Waals surface area (Å²) in [4.78, 5) is 2.71. The van der Waals surface area contributed by atoms with Crippen LogP contribution in [0.2, 0.25) is 0 Å². The topological polar surface area (TPSA) is 15.3 Å². The van der Waals surface area contributed by atoms with Crippen molar-refractivity contribution in [2.75, 3.05) is 20.1 Å². The van der Waals surface area contributed by atoms with Gasteiger partial charge in [0.05, 0.1) is 0 Å². The van der Waals surface area contributed by atoms with E-state index in [4.69, 9.17) is 0 Å². The van der Waals surface area contributed by atoms with E-state index in [1.54, 1.807) is 0 Å². The van der Waals surface area contributed by atoms with E-state index in [0.29, 0.717) is 0 Å². The maximum Gasteiger partial charge on any atom is 0.0108 e. The molecule has 0 heterocycles. The first kappa shape index (κ1) is 16.3. The Morgan fingerprint density at radius 2 is 1.70 bits per heavy atom. The summed E-state index contributed by atoms with van der Waals surface area (Å²) < 4.78 is 0. The van der Waals surface area contributed by atoms with E-state index in [1.165, 1.54) is 64.3 Å². The largest absolute Gasteiger partial charge is 0.314 e. The molecule has 2 heteroatoms. The normalized spacial score (nSPS) is 33.3. The maximum absolute atomic E-state index is 3.75. The lowest BCUT2D eigenvalue weighted by molar-refractivity contribution is 0.128. The molecule has 118 valence electrons. The first-order valence-corrected chi connectivity index (χ1v) is 9.14. The molecule has 0 spiro atoms. The minimum absolute atomic E-state index is 0.768. The molecule has 2 saturated carbocycles. The van der Waals surface area contributed by atoms with Gasteiger partial charge in [0, 0.05) is 18.6 Å². The Morgan fingerprint density at radius 3 is 2.35 bits per heavy atom. The molecule has 0 amide bonds. The molecule has 0 aromatic heterocycles. The molecule has 3 unspecified atom stereocenters. The van der Waals surface area contributed by atoms with Crippen LogP contribution < -0.4 is 5.32 Å². The van der Waals surface area contributed by atoms with Crippen molar-refractivity contribution >= 4 is 0 Å². The van der Waals surface area contributed by atoms with Gasteiger partial charge in [0.2, 0.25) is 0 Å². The molecule has 3 atom stereocenters. The lowest BCUT2D eigenvalue weighted by Crippen LogP contribution is -2.46. The van der Waals surface area contributed by atoms with Gasteiger partial charge in [-0.05, 0) is 57.5 Å². The van der Waals surface area contributed by atoms with E-state index in [0.717, 1.165) is 30.5 Å². The molecule has 0 aliphatic heterocycles. The van der Waals surface area contributed by atoms with Crippen LogP contribution in [0, 0.1) is 11.8 Å². The van der Waals surface area contributed by atoms with Crippen LogP contribution in [0.3, 0.4) is 0 Å². The van der Waals surface area contributed by atoms with Crippen molar-refractivity contribution in [3.8, 4) is 0 Å². The Bertz CT molecular complexity index is 258. The van der Waals surface area contributed by atoms with Gasteiger partial charge in [0.25, 0.3) is 0 Å². The van der Waals surface area contributed by atoms with Crippen LogP contribution in [0.15, 0.2) is 0 Å². The van der Waals surface area contributed by atoms with Gasteiger partial charge in [0.15, 0.2) is 0 Å². The Morgan fingerprint density at radius 1 is 1.00 bits per heavy atom. The third-order valence-electron chi connectivity index (χ3n) is 5.68. The lowest BCUT2D eigenvalue weighted by Gasteiger charge is -2.39. The average Bonchev–Trinajstić information content (AvgIpc) is 2.71. The first-order chi connectivity index (χ1) is 9.70. The molecule has 0 aromatic carbocycles. The van der Waals surface area contributed by atoms with Gasteiger partial charge in [0.1, 0.15) is 0 Å². The van der Waals surface area contributed by atoms with Crippen molar-refractivity contribution in [2.24, 2.45) is 11.8 Å². The van der Waals surface area contributed by atoms with Crippen molar-refractivity contribution in [3.05, 3.63) is 0 Å². The molecule has 0 saturated heterocycles. The van der Waals surface area contributed by atoms with E-state index >= 15 is 0 Å². The monoisotopic (exact) mass is 280 g/mol. The Labute approximate surface area is 126 Å². The average molecular weight is 280 g/mol. The highest BCUT2D eigenvalue weighted by atomic mass is 15.1. The van der Waals surface area contributed by atoms with Crippen molar-refractivity contribution in [2.45, 2.75) is 83.7 Å². The van der Waals surface area contributed by atoms with E-state index in [1.807, 2.05) is 0 Å². The molecule has 2 rings (SSSR count). The van der Waals surface area contributed by atoms with Crippen LogP contribution in [0.4, 0.5) is 0 Å². The Hall–Kier alpha value is -0.0800. The number of nitrogens with zero attached hydrogens (tertiary/aromatic N) is 1. The van der Waals surface area contributed by atoms with Crippen LogP contribution in [-0.2, 0) is 0 Å². The predicted octanol–water partition coefficient (Wildman–Crippen LogP) is 4.06. The van der Waals surface area contributed by atoms with Gasteiger partial charge >= 0.3 is 0 Å². The summed E-state index contributed by atoms with van der Waals surface area (Å²) >= 11 is 0. The molecule has 2 aliphatic carbocycles. The minimum atomic E-state index is 0.768. The molecule has 1 N–H and O–H groups in total. The van der Waals surface area contributed by atoms with Crippen LogP contribution >= 0.6 is 0 Å². The van der Waals surface area contributed by atoms with Gasteiger partial charge in [-0.15, -0.1) is 0 Å². The standard InChI is InChI=1S/C18H36N2/c1-4-19-18-12-11-15(2)13-16(18)14-20(3)17-9-7-5-6-8-10-17/h15-19H,4-14H2,1-3H3. The summed E-state index contributed by atoms with van der Waals surface area (Å²) in [5, 5.41) is 3.75. The van der Waals surface area contributed by atoms with Crippen LogP contribution in [0.25, 0.3) is 0 Å². The third kappa shape index (κ3) is 4.73. The van der Waals surface area contributed by atoms with E-state index in [9.17, 15) is 0 Å². The van der Waals surface area contributed by atoms with Crippen LogP contribution in [0.5, 0.6) is 0 Å². The highest BCUT2D eigenvalue weighted by Gasteiger charge is 2.30. The SMILES string of the molecule is CCNC1CCC(C)CC1CN(C)C1CCCCCC1. The Balaban J connectivity index is 1.87. The predicted molar refractivity (Wildman–Crippen MR) is 88.1 cm³/mol. The van der Waals surface area contributed by atoms with Crippen LogP contribution in [0.1, 0.15) is 71.6 Å². The second-order valence-electron chi connectivity index (χ2n) is 7.43. The van der Waals surface area contributed by atoms with Gasteiger partial charge < -0.3 is 10.2 Å². The highest BCUT2D eigenvalue weighted by molar-refractivity contribution is 4.86. The molecule has 20 heavy (non-hydrogen) atoms. The van der Waals surface area contributed by atoms with E-state index in [2.05, 4.69) is 31.1 Å². The molecule has 0 radical (unpaired) electrons. The second kappa shape index (κ2) is 8.38. The number of rotatable bonds is 5. The number of hydrogen-bond donors (Lipinski definition) is 1. The van der Waals surface area contributed by atoms with Gasteiger partial charge in [-0.3, -0.25) is 0 Å². The molecule has 2 aliphatic rings. The van der Waals surface area contributed by atoms with E-state index < -0.39 is 0 Å². The third-order valence-corrected chi connectivity index (χ3v) is 5.68. The highest BCUT2D eigenvalue weighted by Crippen LogP contribution is 2.31. The summed E-state index contributed by atoms with van der Waals surface area (Å²) in [5.41, 5.74) is 0. The summed E-state index contributed by atoms with van der Waals surface area (Å²) in [6, 6.07) is 1.63. The molecular weight excluding hydrogens is 244 g/mol. The van der Waals surface area contributed by atoms with Crippen LogP contribution in [-0.4, -0.2) is 37.1 Å². The van der Waals surface area contributed by atoms with E-state index in [-0.39, 0.29) is 0 Å². The lowest BCUT2D eigenvalue weighted by atomic mass is 9.78. The molecular formula is C18H36N2. The summed E-state index contributed by atoms with van der Waals surface area (Å²) in [5.74, 6) is 1.80. The summed E-state index contributed by atoms with van der Waals surface area (Å²) in [6.45, 7) is 7.14. The molecule has 0 bridgehead atoms. The fraction of sp³-hybridized carbons (Fsp3) is 1.00. The summed E-state index contributed by atoms with van der Waals surface area (Å²) in [6.07, 6.45) is 12.9. The van der Waals surface area contributed by atoms with Gasteiger partial charge in [-0.25, -0.2) is 0 Å². The Kier molecular flexibility index (Phi) is 6.83. The fourth-order valence-electron chi connectivity index (χ4n) is 4.45. The molecule has 2 fully saturated rings. The van der Waals surface area contributed by atoms with Crippen molar-refractivity contribution < 1.29 is 0 Å². The van der Waals surface area contributed by atoms with Crippen molar-refractivity contribution in [3.63, 3.8) is 0 Å². The molecule has 0 aromatic rings. The minimum Gasteiger partial charge on any atom is -0.314 e. The van der Waals surface area contributed by atoms with Crippen molar-refractivity contribution in [1.82, 2.24) is 10.2 Å². The summed E-state index contributed by atoms with van der Waals surface area (Å²) in [7, 11) is 2.39. The number of hydrogen-bond acceptors (Lipinski definition) is 2. The zero-order chi connectivity index (χ0) is 14.4. The van der Waals surface area contributed by atoms with Gasteiger partial charge in [-0.1, -0.05) is 39.5 Å². The first-order valence-electron chi connectivity index (χ1n) is 9.14. The zero-order valence-electron chi connectivity index (χ0n) is 14.0. The fourth-order valence-corrected chi connectivity index (χ4v) is 4.45.